The van der Waals surface area contributed by atoms with Gasteiger partial charge in [-0.3, -0.25) is 9.59 Å². The van der Waals surface area contributed by atoms with Crippen LogP contribution in [0.1, 0.15) is 6.92 Å². The third-order valence-corrected chi connectivity index (χ3v) is 2.98. The maximum absolute atomic E-state index is 12.2. The molecule has 0 N–H and O–H groups in total. The van der Waals surface area contributed by atoms with Crippen LogP contribution in [0.2, 0.25) is 0 Å². The standard InChI is InChI=1S/C14H14O4/c1-3-18-11-9-12(15)14(13(16)17-2)8-6-4-5-7-10(11)14/h4-9H,3H2,1-2H3. The summed E-state index contributed by atoms with van der Waals surface area (Å²) in [6, 6.07) is 0. The van der Waals surface area contributed by atoms with E-state index in [1.807, 2.05) is 6.92 Å². The maximum Gasteiger partial charge on any atom is 0.328 e. The monoisotopic (exact) mass is 246 g/mol. The molecular weight excluding hydrogens is 232 g/mol. The number of fused-ring (bicyclic) bond motifs is 1. The second-order valence-corrected chi connectivity index (χ2v) is 3.93. The Balaban J connectivity index is 2.56. The first kappa shape index (κ1) is 12.4. The van der Waals surface area contributed by atoms with Crippen molar-refractivity contribution in [1.82, 2.24) is 0 Å². The van der Waals surface area contributed by atoms with E-state index < -0.39 is 11.4 Å². The van der Waals surface area contributed by atoms with Crippen LogP contribution in [0.5, 0.6) is 0 Å². The molecule has 0 amide bonds. The fourth-order valence-corrected chi connectivity index (χ4v) is 2.15. The van der Waals surface area contributed by atoms with E-state index in [1.165, 1.54) is 13.2 Å². The van der Waals surface area contributed by atoms with Crippen LogP contribution >= 0.6 is 0 Å². The molecule has 0 aliphatic heterocycles. The number of hydrogen-bond acceptors (Lipinski definition) is 4. The molecule has 0 aromatic heterocycles. The second-order valence-electron chi connectivity index (χ2n) is 3.93. The summed E-state index contributed by atoms with van der Waals surface area (Å²) in [6.07, 6.45) is 9.81. The molecule has 2 rings (SSSR count). The van der Waals surface area contributed by atoms with Crippen LogP contribution in [-0.4, -0.2) is 25.5 Å². The van der Waals surface area contributed by atoms with E-state index in [2.05, 4.69) is 0 Å². The molecule has 1 unspecified atom stereocenters. The van der Waals surface area contributed by atoms with Crippen molar-refractivity contribution >= 4 is 11.8 Å². The summed E-state index contributed by atoms with van der Waals surface area (Å²) in [7, 11) is 1.27. The van der Waals surface area contributed by atoms with Gasteiger partial charge in [0, 0.05) is 11.6 Å². The molecule has 0 spiro atoms. The van der Waals surface area contributed by atoms with Crippen molar-refractivity contribution in [2.24, 2.45) is 5.41 Å². The topological polar surface area (TPSA) is 52.6 Å². The summed E-state index contributed by atoms with van der Waals surface area (Å²) >= 11 is 0. The highest BCUT2D eigenvalue weighted by Gasteiger charge is 2.53. The fourth-order valence-electron chi connectivity index (χ4n) is 2.15. The second kappa shape index (κ2) is 4.64. The predicted octanol–water partition coefficient (Wildman–Crippen LogP) is 1.70. The van der Waals surface area contributed by atoms with Gasteiger partial charge in [0.2, 0.25) is 0 Å². The number of methoxy groups -OCH3 is 1. The number of rotatable bonds is 3. The van der Waals surface area contributed by atoms with Gasteiger partial charge < -0.3 is 9.47 Å². The maximum atomic E-state index is 12.2. The zero-order chi connectivity index (χ0) is 13.2. The van der Waals surface area contributed by atoms with Crippen LogP contribution in [0.3, 0.4) is 0 Å². The highest BCUT2D eigenvalue weighted by atomic mass is 16.5. The molecule has 0 radical (unpaired) electrons. The number of ether oxygens (including phenoxy) is 2. The highest BCUT2D eigenvalue weighted by Crippen LogP contribution is 2.43. The number of carbonyl (C=O) groups is 2. The van der Waals surface area contributed by atoms with Gasteiger partial charge in [0.1, 0.15) is 5.76 Å². The molecule has 2 aliphatic carbocycles. The van der Waals surface area contributed by atoms with Gasteiger partial charge in [0.25, 0.3) is 0 Å². The third-order valence-electron chi connectivity index (χ3n) is 2.98. The Morgan fingerprint density at radius 1 is 1.33 bits per heavy atom. The van der Waals surface area contributed by atoms with E-state index in [0.717, 1.165) is 0 Å². The lowest BCUT2D eigenvalue weighted by molar-refractivity contribution is -0.150. The number of ketones is 1. The number of hydrogen-bond donors (Lipinski definition) is 0. The average Bonchev–Trinajstić information content (AvgIpc) is 2.56. The number of esters is 1. The van der Waals surface area contributed by atoms with E-state index in [9.17, 15) is 9.59 Å². The van der Waals surface area contributed by atoms with Crippen molar-refractivity contribution < 1.29 is 19.1 Å². The van der Waals surface area contributed by atoms with Gasteiger partial charge in [-0.2, -0.15) is 0 Å². The largest absolute Gasteiger partial charge is 0.493 e. The van der Waals surface area contributed by atoms with Gasteiger partial charge in [-0.1, -0.05) is 30.4 Å². The van der Waals surface area contributed by atoms with Crippen molar-refractivity contribution in [2.45, 2.75) is 6.92 Å². The van der Waals surface area contributed by atoms with Crippen LogP contribution in [0.25, 0.3) is 0 Å². The van der Waals surface area contributed by atoms with Crippen LogP contribution in [0, 0.1) is 5.41 Å². The Morgan fingerprint density at radius 3 is 2.78 bits per heavy atom. The lowest BCUT2D eigenvalue weighted by Gasteiger charge is -2.23. The van der Waals surface area contributed by atoms with E-state index in [0.29, 0.717) is 17.9 Å². The van der Waals surface area contributed by atoms with Gasteiger partial charge in [-0.05, 0) is 6.92 Å². The van der Waals surface area contributed by atoms with Crippen molar-refractivity contribution in [2.75, 3.05) is 13.7 Å². The van der Waals surface area contributed by atoms with E-state index in [-0.39, 0.29) is 5.78 Å². The molecule has 0 aromatic carbocycles. The molecule has 18 heavy (non-hydrogen) atoms. The zero-order valence-corrected chi connectivity index (χ0v) is 10.3. The first-order valence-corrected chi connectivity index (χ1v) is 5.71. The normalized spacial score (nSPS) is 25.1. The first-order chi connectivity index (χ1) is 8.66. The van der Waals surface area contributed by atoms with Crippen molar-refractivity contribution in [3.63, 3.8) is 0 Å². The summed E-state index contributed by atoms with van der Waals surface area (Å²) in [6.45, 7) is 2.26. The van der Waals surface area contributed by atoms with Gasteiger partial charge in [-0.15, -0.1) is 0 Å². The molecule has 2 aliphatic rings. The molecule has 0 bridgehead atoms. The molecule has 4 nitrogen and oxygen atoms in total. The molecule has 94 valence electrons. The first-order valence-electron chi connectivity index (χ1n) is 5.71. The van der Waals surface area contributed by atoms with Gasteiger partial charge in [0.05, 0.1) is 13.7 Å². The smallest absolute Gasteiger partial charge is 0.328 e. The molecule has 0 saturated heterocycles. The molecule has 0 fully saturated rings. The van der Waals surface area contributed by atoms with Crippen LogP contribution in [0.15, 0.2) is 47.8 Å². The van der Waals surface area contributed by atoms with E-state index >= 15 is 0 Å². The summed E-state index contributed by atoms with van der Waals surface area (Å²) in [5.41, 5.74) is -0.853. The molecule has 0 saturated carbocycles. The SMILES string of the molecule is CCOC1=CC(=O)C2(C(=O)OC)C=CC=CC=C12. The lowest BCUT2D eigenvalue weighted by Crippen LogP contribution is -2.36. The summed E-state index contributed by atoms with van der Waals surface area (Å²) in [5, 5.41) is 0. The van der Waals surface area contributed by atoms with E-state index in [4.69, 9.17) is 9.47 Å². The summed E-state index contributed by atoms with van der Waals surface area (Å²) in [5.74, 6) is -0.488. The quantitative estimate of drug-likeness (QED) is 0.562. The van der Waals surface area contributed by atoms with Crippen LogP contribution in [0.4, 0.5) is 0 Å². The highest BCUT2D eigenvalue weighted by molar-refractivity contribution is 6.18. The number of allylic oxidation sites excluding steroid dienone is 6. The van der Waals surface area contributed by atoms with Gasteiger partial charge >= 0.3 is 5.97 Å². The van der Waals surface area contributed by atoms with E-state index in [1.54, 1.807) is 30.4 Å². The average molecular weight is 246 g/mol. The third kappa shape index (κ3) is 1.61. The Labute approximate surface area is 105 Å². The molecule has 1 atom stereocenters. The molecule has 0 heterocycles. The Hall–Kier alpha value is -2.10. The fraction of sp³-hybridized carbons (Fsp3) is 0.286. The Kier molecular flexibility index (Phi) is 3.19. The number of carbonyl (C=O) groups excluding carboxylic acids is 2. The van der Waals surface area contributed by atoms with Crippen molar-refractivity contribution in [3.05, 3.63) is 47.8 Å². The lowest BCUT2D eigenvalue weighted by atomic mass is 9.80. The summed E-state index contributed by atoms with van der Waals surface area (Å²) in [4.78, 5) is 24.2. The minimum atomic E-state index is -1.39. The zero-order valence-electron chi connectivity index (χ0n) is 10.3. The summed E-state index contributed by atoms with van der Waals surface area (Å²) < 4.78 is 10.2. The predicted molar refractivity (Wildman–Crippen MR) is 65.5 cm³/mol. The Morgan fingerprint density at radius 2 is 2.11 bits per heavy atom. The van der Waals surface area contributed by atoms with Crippen LogP contribution < -0.4 is 0 Å². The molecule has 0 aromatic rings. The molecule has 4 heteroatoms. The minimum absolute atomic E-state index is 0.330. The van der Waals surface area contributed by atoms with Crippen molar-refractivity contribution in [1.29, 1.82) is 0 Å². The van der Waals surface area contributed by atoms with Gasteiger partial charge in [0.15, 0.2) is 11.2 Å². The van der Waals surface area contributed by atoms with Gasteiger partial charge in [-0.25, -0.2) is 0 Å². The van der Waals surface area contributed by atoms with Crippen LogP contribution in [-0.2, 0) is 19.1 Å². The van der Waals surface area contributed by atoms with Crippen molar-refractivity contribution in [3.8, 4) is 0 Å². The Bertz CT molecular complexity index is 508. The molecular formula is C14H14O4. The minimum Gasteiger partial charge on any atom is -0.493 e.